The Morgan fingerprint density at radius 1 is 1.32 bits per heavy atom. The fourth-order valence-corrected chi connectivity index (χ4v) is 2.21. The van der Waals surface area contributed by atoms with E-state index in [2.05, 4.69) is 20.8 Å². The molecule has 0 aromatic heterocycles. The van der Waals surface area contributed by atoms with E-state index in [-0.39, 0.29) is 24.4 Å². The molecule has 0 aliphatic carbocycles. The normalized spacial score (nSPS) is 21.3. The quantitative estimate of drug-likeness (QED) is 0.618. The van der Waals surface area contributed by atoms with Crippen molar-refractivity contribution in [2.24, 2.45) is 5.41 Å². The summed E-state index contributed by atoms with van der Waals surface area (Å²) in [4.78, 5) is 23.5. The van der Waals surface area contributed by atoms with Crippen LogP contribution in [0.25, 0.3) is 0 Å². The van der Waals surface area contributed by atoms with Gasteiger partial charge in [-0.05, 0) is 11.0 Å². The number of esters is 2. The lowest BCUT2D eigenvalue weighted by atomic mass is 9.88. The molecule has 1 fully saturated rings. The van der Waals surface area contributed by atoms with Crippen molar-refractivity contribution in [3.8, 4) is 0 Å². The zero-order chi connectivity index (χ0) is 16.2. The molecule has 2 rings (SSSR count). The maximum absolute atomic E-state index is 12.3. The first-order chi connectivity index (χ1) is 10.3. The smallest absolute Gasteiger partial charge is 0.351 e. The van der Waals surface area contributed by atoms with Gasteiger partial charge < -0.3 is 9.47 Å². The van der Waals surface area contributed by atoms with Crippen molar-refractivity contribution in [3.05, 3.63) is 48.0 Å². The lowest BCUT2D eigenvalue weighted by molar-refractivity contribution is -0.208. The van der Waals surface area contributed by atoms with E-state index >= 15 is 0 Å². The maximum atomic E-state index is 12.3. The Bertz CT molecular complexity index is 558. The van der Waals surface area contributed by atoms with Gasteiger partial charge in [-0.1, -0.05) is 63.3 Å². The minimum atomic E-state index is -1.15. The minimum absolute atomic E-state index is 0.0168. The fraction of sp³-hybridized carbons (Fsp3) is 0.444. The van der Waals surface area contributed by atoms with E-state index in [1.54, 1.807) is 0 Å². The van der Waals surface area contributed by atoms with Crippen LogP contribution in [0.2, 0.25) is 0 Å². The molecular formula is C18H22O4. The van der Waals surface area contributed by atoms with E-state index in [9.17, 15) is 9.59 Å². The van der Waals surface area contributed by atoms with Crippen molar-refractivity contribution in [1.29, 1.82) is 0 Å². The van der Waals surface area contributed by atoms with Gasteiger partial charge in [0.25, 0.3) is 0 Å². The SMILES string of the molecule is CC(C)(C)/C=C/C[C@]1(C(=O)OCc2ccccc2)CC(=O)O1. The summed E-state index contributed by atoms with van der Waals surface area (Å²) in [6, 6.07) is 9.43. The van der Waals surface area contributed by atoms with Crippen molar-refractivity contribution < 1.29 is 19.1 Å². The molecule has 4 nitrogen and oxygen atoms in total. The predicted octanol–water partition coefficient (Wildman–Crippen LogP) is 3.41. The van der Waals surface area contributed by atoms with Gasteiger partial charge in [0.1, 0.15) is 6.61 Å². The summed E-state index contributed by atoms with van der Waals surface area (Å²) in [7, 11) is 0. The highest BCUT2D eigenvalue weighted by Gasteiger charge is 2.53. The Kier molecular flexibility index (Phi) is 4.69. The van der Waals surface area contributed by atoms with Crippen molar-refractivity contribution in [3.63, 3.8) is 0 Å². The van der Waals surface area contributed by atoms with Gasteiger partial charge in [0.05, 0.1) is 6.42 Å². The van der Waals surface area contributed by atoms with Gasteiger partial charge in [-0.2, -0.15) is 0 Å². The second-order valence-electron chi connectivity index (χ2n) is 6.68. The van der Waals surface area contributed by atoms with Gasteiger partial charge >= 0.3 is 11.9 Å². The van der Waals surface area contributed by atoms with Gasteiger partial charge in [0.15, 0.2) is 0 Å². The molecule has 0 unspecified atom stereocenters. The van der Waals surface area contributed by atoms with Crippen LogP contribution in [-0.4, -0.2) is 17.5 Å². The third-order valence-electron chi connectivity index (χ3n) is 3.39. The number of carbonyl (C=O) groups is 2. The minimum Gasteiger partial charge on any atom is -0.458 e. The molecule has 1 aliphatic rings. The Labute approximate surface area is 131 Å². The van der Waals surface area contributed by atoms with Crippen LogP contribution in [0, 0.1) is 5.41 Å². The number of carbonyl (C=O) groups excluding carboxylic acids is 2. The summed E-state index contributed by atoms with van der Waals surface area (Å²) < 4.78 is 10.4. The van der Waals surface area contributed by atoms with Gasteiger partial charge in [0.2, 0.25) is 5.60 Å². The van der Waals surface area contributed by atoms with Crippen molar-refractivity contribution in [2.75, 3.05) is 0 Å². The van der Waals surface area contributed by atoms with E-state index in [4.69, 9.17) is 9.47 Å². The molecule has 118 valence electrons. The second kappa shape index (κ2) is 6.34. The van der Waals surface area contributed by atoms with E-state index in [0.29, 0.717) is 6.42 Å². The molecule has 0 amide bonds. The Morgan fingerprint density at radius 3 is 2.50 bits per heavy atom. The fourth-order valence-electron chi connectivity index (χ4n) is 2.21. The van der Waals surface area contributed by atoms with E-state index in [1.807, 2.05) is 42.5 Å². The zero-order valence-corrected chi connectivity index (χ0v) is 13.3. The van der Waals surface area contributed by atoms with Crippen LogP contribution >= 0.6 is 0 Å². The van der Waals surface area contributed by atoms with Crippen molar-refractivity contribution in [1.82, 2.24) is 0 Å². The first-order valence-corrected chi connectivity index (χ1v) is 7.41. The average molecular weight is 302 g/mol. The van der Waals surface area contributed by atoms with Crippen molar-refractivity contribution in [2.45, 2.75) is 45.8 Å². The highest BCUT2D eigenvalue weighted by Crippen LogP contribution is 2.34. The standard InChI is InChI=1S/C18H22O4/c1-17(2,3)10-7-11-18(12-15(19)22-18)16(20)21-13-14-8-5-4-6-9-14/h4-10H,11-13H2,1-3H3/b10-7+/t18-/m1/s1. The monoisotopic (exact) mass is 302 g/mol. The number of ether oxygens (including phenoxy) is 2. The third-order valence-corrected chi connectivity index (χ3v) is 3.39. The molecule has 1 saturated heterocycles. The van der Waals surface area contributed by atoms with Crippen LogP contribution in [0.5, 0.6) is 0 Å². The molecule has 1 aromatic carbocycles. The Morgan fingerprint density at radius 2 is 1.95 bits per heavy atom. The summed E-state index contributed by atoms with van der Waals surface area (Å²) in [5.41, 5.74) is -0.224. The number of cyclic esters (lactones) is 1. The van der Waals surface area contributed by atoms with Gasteiger partial charge in [0, 0.05) is 6.42 Å². The van der Waals surface area contributed by atoms with Gasteiger partial charge in [-0.3, -0.25) is 4.79 Å². The van der Waals surface area contributed by atoms with E-state index in [1.165, 1.54) is 0 Å². The molecule has 1 atom stereocenters. The number of benzene rings is 1. The topological polar surface area (TPSA) is 52.6 Å². The Balaban J connectivity index is 1.96. The number of rotatable bonds is 5. The van der Waals surface area contributed by atoms with Crippen LogP contribution in [0.15, 0.2) is 42.5 Å². The molecule has 0 N–H and O–H groups in total. The lowest BCUT2D eigenvalue weighted by Crippen LogP contribution is -2.54. The first-order valence-electron chi connectivity index (χ1n) is 7.41. The van der Waals surface area contributed by atoms with E-state index in [0.717, 1.165) is 5.56 Å². The van der Waals surface area contributed by atoms with Crippen LogP contribution < -0.4 is 0 Å². The third kappa shape index (κ3) is 4.20. The molecule has 1 aliphatic heterocycles. The molecule has 0 saturated carbocycles. The van der Waals surface area contributed by atoms with Gasteiger partial charge in [-0.25, -0.2) is 4.79 Å². The molecule has 0 radical (unpaired) electrons. The highest BCUT2D eigenvalue weighted by molar-refractivity contribution is 5.93. The molecule has 0 spiro atoms. The molecular weight excluding hydrogens is 280 g/mol. The van der Waals surface area contributed by atoms with Crippen LogP contribution in [0.3, 0.4) is 0 Å². The first kappa shape index (κ1) is 16.3. The Hall–Kier alpha value is -2.10. The molecule has 22 heavy (non-hydrogen) atoms. The zero-order valence-electron chi connectivity index (χ0n) is 13.3. The van der Waals surface area contributed by atoms with Crippen LogP contribution in [0.4, 0.5) is 0 Å². The number of hydrogen-bond acceptors (Lipinski definition) is 4. The van der Waals surface area contributed by atoms with Crippen LogP contribution in [-0.2, 0) is 25.7 Å². The maximum Gasteiger partial charge on any atom is 0.351 e. The average Bonchev–Trinajstić information content (AvgIpc) is 2.42. The van der Waals surface area contributed by atoms with Crippen LogP contribution in [0.1, 0.15) is 39.2 Å². The lowest BCUT2D eigenvalue weighted by Gasteiger charge is -2.37. The molecule has 4 heteroatoms. The van der Waals surface area contributed by atoms with Gasteiger partial charge in [-0.15, -0.1) is 0 Å². The number of hydrogen-bond donors (Lipinski definition) is 0. The summed E-state index contributed by atoms with van der Waals surface area (Å²) in [5.74, 6) is -0.838. The number of allylic oxidation sites excluding steroid dienone is 1. The summed E-state index contributed by atoms with van der Waals surface area (Å²) in [6.07, 6.45) is 4.32. The van der Waals surface area contributed by atoms with E-state index < -0.39 is 11.6 Å². The summed E-state index contributed by atoms with van der Waals surface area (Å²) in [6.45, 7) is 6.38. The highest BCUT2D eigenvalue weighted by atomic mass is 16.6. The second-order valence-corrected chi connectivity index (χ2v) is 6.68. The summed E-state index contributed by atoms with van der Waals surface area (Å²) in [5, 5.41) is 0. The van der Waals surface area contributed by atoms with Crippen molar-refractivity contribution >= 4 is 11.9 Å². The molecule has 0 bridgehead atoms. The predicted molar refractivity (Wildman–Crippen MR) is 82.9 cm³/mol. The molecule has 1 heterocycles. The summed E-state index contributed by atoms with van der Waals surface area (Å²) >= 11 is 0. The largest absolute Gasteiger partial charge is 0.458 e. The molecule has 1 aromatic rings.